The summed E-state index contributed by atoms with van der Waals surface area (Å²) in [5.41, 5.74) is 7.15. The summed E-state index contributed by atoms with van der Waals surface area (Å²) in [4.78, 5) is 22.7. The molecule has 0 radical (unpaired) electrons. The van der Waals surface area contributed by atoms with E-state index in [1.807, 2.05) is 0 Å². The van der Waals surface area contributed by atoms with Gasteiger partial charge in [0.05, 0.1) is 0 Å². The van der Waals surface area contributed by atoms with Gasteiger partial charge in [0, 0.05) is 12.1 Å². The molecule has 86 valence electrons. The van der Waals surface area contributed by atoms with E-state index < -0.39 is 17.9 Å². The molecular formula is C10H13N3O3. The molecule has 1 aromatic carbocycles. The van der Waals surface area contributed by atoms with Crippen LogP contribution < -0.4 is 16.5 Å². The number of nitrogens with two attached hydrogens (primary N) is 1. The van der Waals surface area contributed by atoms with Crippen molar-refractivity contribution in [3.05, 3.63) is 35.9 Å². The van der Waals surface area contributed by atoms with E-state index in [0.29, 0.717) is 5.56 Å². The standard InChI is InChI=1S/C10H13N3O3/c11-6-8(10(15)13-16)12-9(14)7-4-2-1-3-5-7/h1-5,8,16H,6,11H2,(H,12,14)(H,13,15). The third kappa shape index (κ3) is 3.04. The van der Waals surface area contributed by atoms with Crippen LogP contribution in [0.15, 0.2) is 30.3 Å². The molecule has 0 aromatic heterocycles. The molecule has 0 aliphatic rings. The summed E-state index contributed by atoms with van der Waals surface area (Å²) in [7, 11) is 0. The Morgan fingerprint density at radius 1 is 1.31 bits per heavy atom. The van der Waals surface area contributed by atoms with E-state index in [2.05, 4.69) is 5.32 Å². The van der Waals surface area contributed by atoms with Crippen molar-refractivity contribution in [3.8, 4) is 0 Å². The van der Waals surface area contributed by atoms with Crippen molar-refractivity contribution < 1.29 is 14.8 Å². The Labute approximate surface area is 92.4 Å². The van der Waals surface area contributed by atoms with Crippen LogP contribution in [0.4, 0.5) is 0 Å². The van der Waals surface area contributed by atoms with Gasteiger partial charge >= 0.3 is 0 Å². The minimum absolute atomic E-state index is 0.0923. The van der Waals surface area contributed by atoms with Gasteiger partial charge in [0.25, 0.3) is 11.8 Å². The third-order valence-corrected chi connectivity index (χ3v) is 2.00. The van der Waals surface area contributed by atoms with E-state index in [0.717, 1.165) is 0 Å². The molecule has 6 nitrogen and oxygen atoms in total. The number of hydrogen-bond donors (Lipinski definition) is 4. The molecule has 0 aliphatic heterocycles. The lowest BCUT2D eigenvalue weighted by Crippen LogP contribution is -2.50. The second kappa shape index (κ2) is 5.84. The Hall–Kier alpha value is -1.92. The van der Waals surface area contributed by atoms with Gasteiger partial charge in [-0.3, -0.25) is 14.8 Å². The minimum atomic E-state index is -0.947. The molecule has 0 aliphatic carbocycles. The number of hydrogen-bond acceptors (Lipinski definition) is 4. The van der Waals surface area contributed by atoms with Crippen LogP contribution in [-0.4, -0.2) is 29.6 Å². The van der Waals surface area contributed by atoms with Crippen LogP contribution in [0.1, 0.15) is 10.4 Å². The number of carbonyl (C=O) groups excluding carboxylic acids is 2. The molecular weight excluding hydrogens is 210 g/mol. The highest BCUT2D eigenvalue weighted by Gasteiger charge is 2.18. The van der Waals surface area contributed by atoms with E-state index in [1.165, 1.54) is 5.48 Å². The highest BCUT2D eigenvalue weighted by molar-refractivity contribution is 5.97. The van der Waals surface area contributed by atoms with E-state index in [9.17, 15) is 9.59 Å². The molecule has 6 heteroatoms. The molecule has 16 heavy (non-hydrogen) atoms. The van der Waals surface area contributed by atoms with Gasteiger partial charge in [-0.2, -0.15) is 0 Å². The molecule has 0 saturated heterocycles. The van der Waals surface area contributed by atoms with Crippen molar-refractivity contribution in [2.45, 2.75) is 6.04 Å². The van der Waals surface area contributed by atoms with E-state index in [1.54, 1.807) is 30.3 Å². The van der Waals surface area contributed by atoms with Gasteiger partial charge in [-0.15, -0.1) is 0 Å². The number of nitrogens with one attached hydrogen (secondary N) is 2. The summed E-state index contributed by atoms with van der Waals surface area (Å²) >= 11 is 0. The molecule has 1 atom stereocenters. The Bertz CT molecular complexity index is 367. The number of carbonyl (C=O) groups is 2. The van der Waals surface area contributed by atoms with E-state index in [4.69, 9.17) is 10.9 Å². The largest absolute Gasteiger partial charge is 0.339 e. The smallest absolute Gasteiger partial charge is 0.267 e. The first-order valence-electron chi connectivity index (χ1n) is 4.69. The second-order valence-corrected chi connectivity index (χ2v) is 3.10. The fraction of sp³-hybridized carbons (Fsp3) is 0.200. The second-order valence-electron chi connectivity index (χ2n) is 3.10. The summed E-state index contributed by atoms with van der Waals surface area (Å²) in [5, 5.41) is 10.8. The minimum Gasteiger partial charge on any atom is -0.339 e. The zero-order valence-corrected chi connectivity index (χ0v) is 8.51. The van der Waals surface area contributed by atoms with Gasteiger partial charge < -0.3 is 11.1 Å². The summed E-state index contributed by atoms with van der Waals surface area (Å²) < 4.78 is 0. The maximum absolute atomic E-state index is 11.6. The molecule has 0 saturated carbocycles. The molecule has 1 rings (SSSR count). The van der Waals surface area contributed by atoms with Crippen LogP contribution in [0.2, 0.25) is 0 Å². The lowest BCUT2D eigenvalue weighted by molar-refractivity contribution is -0.130. The Kier molecular flexibility index (Phi) is 4.43. The molecule has 0 bridgehead atoms. The van der Waals surface area contributed by atoms with Gasteiger partial charge in [-0.05, 0) is 12.1 Å². The number of rotatable bonds is 4. The highest BCUT2D eigenvalue weighted by atomic mass is 16.5. The first-order chi connectivity index (χ1) is 7.69. The van der Waals surface area contributed by atoms with E-state index >= 15 is 0 Å². The fourth-order valence-corrected chi connectivity index (χ4v) is 1.14. The lowest BCUT2D eigenvalue weighted by Gasteiger charge is -2.14. The van der Waals surface area contributed by atoms with Crippen molar-refractivity contribution >= 4 is 11.8 Å². The summed E-state index contributed by atoms with van der Waals surface area (Å²) in [6.45, 7) is -0.0923. The van der Waals surface area contributed by atoms with Crippen molar-refractivity contribution in [1.29, 1.82) is 0 Å². The highest BCUT2D eigenvalue weighted by Crippen LogP contribution is 1.98. The first kappa shape index (κ1) is 12.2. The molecule has 0 fully saturated rings. The average molecular weight is 223 g/mol. The van der Waals surface area contributed by atoms with Gasteiger partial charge in [-0.1, -0.05) is 18.2 Å². The Balaban J connectivity index is 2.66. The van der Waals surface area contributed by atoms with Crippen LogP contribution >= 0.6 is 0 Å². The Morgan fingerprint density at radius 3 is 2.44 bits per heavy atom. The maximum atomic E-state index is 11.6. The molecule has 0 spiro atoms. The number of amides is 2. The van der Waals surface area contributed by atoms with Crippen LogP contribution in [0.25, 0.3) is 0 Å². The summed E-state index contributed by atoms with van der Waals surface area (Å²) in [5.74, 6) is -1.16. The topological polar surface area (TPSA) is 104 Å². The molecule has 1 unspecified atom stereocenters. The van der Waals surface area contributed by atoms with Crippen molar-refractivity contribution in [1.82, 2.24) is 10.8 Å². The van der Waals surface area contributed by atoms with Crippen LogP contribution in [0.5, 0.6) is 0 Å². The van der Waals surface area contributed by atoms with Crippen LogP contribution in [0.3, 0.4) is 0 Å². The van der Waals surface area contributed by atoms with Gasteiger partial charge in [0.1, 0.15) is 6.04 Å². The van der Waals surface area contributed by atoms with Gasteiger partial charge in [-0.25, -0.2) is 5.48 Å². The molecule has 0 heterocycles. The predicted octanol–water partition coefficient (Wildman–Crippen LogP) is -0.751. The SMILES string of the molecule is NCC(NC(=O)c1ccccc1)C(=O)NO. The monoisotopic (exact) mass is 223 g/mol. The Morgan fingerprint density at radius 2 is 1.94 bits per heavy atom. The normalized spacial score (nSPS) is 11.6. The zero-order chi connectivity index (χ0) is 12.0. The molecule has 5 N–H and O–H groups in total. The van der Waals surface area contributed by atoms with E-state index in [-0.39, 0.29) is 6.54 Å². The fourth-order valence-electron chi connectivity index (χ4n) is 1.14. The lowest BCUT2D eigenvalue weighted by atomic mass is 10.2. The summed E-state index contributed by atoms with van der Waals surface area (Å²) in [6.07, 6.45) is 0. The number of hydroxylamine groups is 1. The van der Waals surface area contributed by atoms with Gasteiger partial charge in [0.15, 0.2) is 0 Å². The van der Waals surface area contributed by atoms with Gasteiger partial charge in [0.2, 0.25) is 0 Å². The average Bonchev–Trinajstić information content (AvgIpc) is 2.35. The van der Waals surface area contributed by atoms with Crippen molar-refractivity contribution in [2.24, 2.45) is 5.73 Å². The molecule has 1 aromatic rings. The third-order valence-electron chi connectivity index (χ3n) is 2.00. The van der Waals surface area contributed by atoms with Crippen molar-refractivity contribution in [3.63, 3.8) is 0 Å². The first-order valence-corrected chi connectivity index (χ1v) is 4.69. The maximum Gasteiger partial charge on any atom is 0.267 e. The van der Waals surface area contributed by atoms with Crippen molar-refractivity contribution in [2.75, 3.05) is 6.54 Å². The quantitative estimate of drug-likeness (QED) is 0.398. The summed E-state index contributed by atoms with van der Waals surface area (Å²) in [6, 6.07) is 7.46. The van der Waals surface area contributed by atoms with Crippen LogP contribution in [0, 0.1) is 0 Å². The predicted molar refractivity (Wildman–Crippen MR) is 56.7 cm³/mol. The van der Waals surface area contributed by atoms with Crippen LogP contribution in [-0.2, 0) is 4.79 Å². The molecule has 2 amide bonds. The number of benzene rings is 1. The zero-order valence-electron chi connectivity index (χ0n) is 8.51.